The highest BCUT2D eigenvalue weighted by Crippen LogP contribution is 2.34. The van der Waals surface area contributed by atoms with Gasteiger partial charge in [0.05, 0.1) is 24.9 Å². The maximum Gasteiger partial charge on any atom is 0.251 e. The van der Waals surface area contributed by atoms with E-state index in [1.165, 1.54) is 0 Å². The molecule has 39 heavy (non-hydrogen) atoms. The molecule has 3 heterocycles. The molecule has 8 heteroatoms. The van der Waals surface area contributed by atoms with Crippen LogP contribution in [0.1, 0.15) is 65.7 Å². The Morgan fingerprint density at radius 1 is 1.05 bits per heavy atom. The summed E-state index contributed by atoms with van der Waals surface area (Å²) >= 11 is 6.35. The average Bonchev–Trinajstić information content (AvgIpc) is 2.92. The van der Waals surface area contributed by atoms with E-state index in [-0.39, 0.29) is 30.0 Å². The number of nitrogens with zero attached hydrogens (tertiary/aromatic N) is 1. The zero-order valence-corrected chi connectivity index (χ0v) is 22.8. The molecule has 5 rings (SSSR count). The number of hydrogen-bond acceptors (Lipinski definition) is 5. The van der Waals surface area contributed by atoms with E-state index in [0.717, 1.165) is 47.1 Å². The van der Waals surface area contributed by atoms with Gasteiger partial charge in [0.2, 0.25) is 5.91 Å². The molecule has 0 unspecified atom stereocenters. The molecule has 2 aromatic carbocycles. The van der Waals surface area contributed by atoms with E-state index in [4.69, 9.17) is 26.8 Å². The molecule has 204 valence electrons. The van der Waals surface area contributed by atoms with Crippen LogP contribution in [0.2, 0.25) is 5.02 Å². The highest BCUT2D eigenvalue weighted by Gasteiger charge is 2.29. The first-order chi connectivity index (χ1) is 18.8. The van der Waals surface area contributed by atoms with Crippen molar-refractivity contribution in [1.29, 1.82) is 0 Å². The van der Waals surface area contributed by atoms with Gasteiger partial charge in [-0.1, -0.05) is 29.8 Å². The Morgan fingerprint density at radius 3 is 2.54 bits per heavy atom. The predicted molar refractivity (Wildman–Crippen MR) is 150 cm³/mol. The molecular formula is C31H33ClN2O5. The van der Waals surface area contributed by atoms with Gasteiger partial charge in [-0.3, -0.25) is 14.4 Å². The lowest BCUT2D eigenvalue weighted by Crippen LogP contribution is -2.35. The highest BCUT2D eigenvalue weighted by molar-refractivity contribution is 6.30. The summed E-state index contributed by atoms with van der Waals surface area (Å²) in [5.74, 6) is -0.617. The fourth-order valence-electron chi connectivity index (χ4n) is 5.53. The van der Waals surface area contributed by atoms with Gasteiger partial charge < -0.3 is 19.8 Å². The second kappa shape index (κ2) is 11.9. The summed E-state index contributed by atoms with van der Waals surface area (Å²) in [7, 11) is 0. The van der Waals surface area contributed by atoms with E-state index < -0.39 is 11.9 Å². The Balaban J connectivity index is 1.53. The quantitative estimate of drug-likeness (QED) is 0.446. The molecule has 1 aromatic heterocycles. The summed E-state index contributed by atoms with van der Waals surface area (Å²) < 4.78 is 13.6. The number of halogens is 1. The number of benzene rings is 2. The Labute approximate surface area is 232 Å². The largest absolute Gasteiger partial charge is 0.378 e. The summed E-state index contributed by atoms with van der Waals surface area (Å²) in [5.41, 5.74) is 9.83. The summed E-state index contributed by atoms with van der Waals surface area (Å²) in [6.45, 7) is 3.00. The maximum absolute atomic E-state index is 13.8. The number of rotatable bonds is 7. The van der Waals surface area contributed by atoms with Crippen LogP contribution in [0.4, 0.5) is 0 Å². The number of aromatic nitrogens is 1. The molecule has 7 nitrogen and oxygen atoms in total. The summed E-state index contributed by atoms with van der Waals surface area (Å²) in [6, 6.07) is 13.3. The number of amides is 1. The second-order valence-corrected chi connectivity index (χ2v) is 11.0. The fraction of sp³-hybridized carbons (Fsp3) is 0.387. The van der Waals surface area contributed by atoms with Crippen LogP contribution in [-0.4, -0.2) is 35.1 Å². The SMILES string of the molecule is C[C@@H]1Cc2ccc(Cl)cc2-c2cc(=O)n([C@@H](C[C@@H]3CCCCO3)C(=O)Cc3ccc(C(N)=O)cc3)cc2CO1. The topological polar surface area (TPSA) is 101 Å². The molecular weight excluding hydrogens is 516 g/mol. The van der Waals surface area contributed by atoms with Crippen LogP contribution in [0.25, 0.3) is 11.1 Å². The van der Waals surface area contributed by atoms with Crippen LogP contribution < -0.4 is 11.3 Å². The number of primary amides is 1. The number of fused-ring (bicyclic) bond motifs is 3. The molecule has 3 aromatic rings. The standard InChI is InChI=1S/C31H33ClN2O5/c1-19-12-22-9-10-24(32)14-26(22)27-16-30(36)34(17-23(27)18-39-19)28(15-25-4-2-3-11-38-25)29(35)13-20-5-7-21(8-6-20)31(33)37/h5-10,14,16-17,19,25,28H,2-4,11-13,15,18H2,1H3,(H2,33,37)/t19-,25+,28+/m1/s1. The van der Waals surface area contributed by atoms with E-state index in [1.807, 2.05) is 25.1 Å². The van der Waals surface area contributed by atoms with Gasteiger partial charge in [-0.25, -0.2) is 0 Å². The van der Waals surface area contributed by atoms with Gasteiger partial charge >= 0.3 is 0 Å². The second-order valence-electron chi connectivity index (χ2n) is 10.5. The Bertz CT molecular complexity index is 1430. The lowest BCUT2D eigenvalue weighted by molar-refractivity contribution is -0.123. The third-order valence-electron chi connectivity index (χ3n) is 7.64. The molecule has 1 fully saturated rings. The highest BCUT2D eigenvalue weighted by atomic mass is 35.5. The lowest BCUT2D eigenvalue weighted by atomic mass is 9.92. The van der Waals surface area contributed by atoms with Gasteiger partial charge in [-0.05, 0) is 79.1 Å². The molecule has 1 amide bonds. The van der Waals surface area contributed by atoms with Gasteiger partial charge in [-0.15, -0.1) is 0 Å². The van der Waals surface area contributed by atoms with E-state index in [0.29, 0.717) is 36.6 Å². The normalized spacial score (nSPS) is 19.7. The maximum atomic E-state index is 13.8. The third-order valence-corrected chi connectivity index (χ3v) is 7.88. The third kappa shape index (κ3) is 6.32. The Hall–Kier alpha value is -3.26. The van der Waals surface area contributed by atoms with Crippen molar-refractivity contribution in [2.24, 2.45) is 5.73 Å². The molecule has 2 aliphatic heterocycles. The van der Waals surface area contributed by atoms with Crippen molar-refractivity contribution in [3.8, 4) is 11.1 Å². The van der Waals surface area contributed by atoms with Crippen LogP contribution in [0.3, 0.4) is 0 Å². The number of carbonyl (C=O) groups is 2. The van der Waals surface area contributed by atoms with Crippen LogP contribution in [0.15, 0.2) is 59.5 Å². The van der Waals surface area contributed by atoms with Crippen molar-refractivity contribution >= 4 is 23.3 Å². The fourth-order valence-corrected chi connectivity index (χ4v) is 5.70. The predicted octanol–water partition coefficient (Wildman–Crippen LogP) is 5.04. The van der Waals surface area contributed by atoms with E-state index in [9.17, 15) is 14.4 Å². The number of nitrogens with two attached hydrogens (primary N) is 1. The minimum Gasteiger partial charge on any atom is -0.378 e. The van der Waals surface area contributed by atoms with Gasteiger partial charge in [0.15, 0.2) is 5.78 Å². The number of pyridine rings is 1. The van der Waals surface area contributed by atoms with Crippen molar-refractivity contribution < 1.29 is 19.1 Å². The first-order valence-electron chi connectivity index (χ1n) is 13.5. The summed E-state index contributed by atoms with van der Waals surface area (Å²) in [6.07, 6.45) is 5.78. The zero-order valence-electron chi connectivity index (χ0n) is 22.0. The van der Waals surface area contributed by atoms with Crippen LogP contribution in [-0.2, 0) is 33.7 Å². The van der Waals surface area contributed by atoms with Gasteiger partial charge in [0.1, 0.15) is 0 Å². The van der Waals surface area contributed by atoms with Crippen molar-refractivity contribution in [1.82, 2.24) is 4.57 Å². The monoisotopic (exact) mass is 548 g/mol. The van der Waals surface area contributed by atoms with Crippen molar-refractivity contribution in [2.45, 2.75) is 70.3 Å². The number of hydrogen-bond donors (Lipinski definition) is 1. The zero-order chi connectivity index (χ0) is 27.5. The van der Waals surface area contributed by atoms with E-state index in [2.05, 4.69) is 0 Å². The van der Waals surface area contributed by atoms with Crippen molar-refractivity contribution in [2.75, 3.05) is 6.61 Å². The summed E-state index contributed by atoms with van der Waals surface area (Å²) in [5, 5.41) is 0.600. The van der Waals surface area contributed by atoms with Crippen LogP contribution in [0.5, 0.6) is 0 Å². The molecule has 0 spiro atoms. The van der Waals surface area contributed by atoms with Gasteiger partial charge in [0.25, 0.3) is 5.56 Å². The first-order valence-corrected chi connectivity index (χ1v) is 13.8. The number of ketones is 1. The minimum atomic E-state index is -0.705. The average molecular weight is 549 g/mol. The van der Waals surface area contributed by atoms with E-state index in [1.54, 1.807) is 41.1 Å². The molecule has 2 N–H and O–H groups in total. The van der Waals surface area contributed by atoms with Gasteiger partial charge in [0, 0.05) is 47.9 Å². The molecule has 2 aliphatic rings. The van der Waals surface area contributed by atoms with Crippen LogP contribution >= 0.6 is 11.6 Å². The van der Waals surface area contributed by atoms with E-state index >= 15 is 0 Å². The molecule has 3 atom stereocenters. The minimum absolute atomic E-state index is 0.0186. The van der Waals surface area contributed by atoms with Crippen LogP contribution in [0, 0.1) is 0 Å². The molecule has 0 aliphatic carbocycles. The molecule has 0 bridgehead atoms. The molecule has 0 radical (unpaired) electrons. The van der Waals surface area contributed by atoms with Crippen molar-refractivity contribution in [3.63, 3.8) is 0 Å². The Morgan fingerprint density at radius 2 is 1.82 bits per heavy atom. The number of Topliss-reactive ketones (excluding diaryl/α,β-unsaturated/α-hetero) is 1. The van der Waals surface area contributed by atoms with Crippen molar-refractivity contribution in [3.05, 3.63) is 92.4 Å². The summed E-state index contributed by atoms with van der Waals surface area (Å²) in [4.78, 5) is 38.9. The number of ether oxygens (including phenoxy) is 2. The molecule has 0 saturated carbocycles. The lowest BCUT2D eigenvalue weighted by Gasteiger charge is -2.29. The van der Waals surface area contributed by atoms with Gasteiger partial charge in [-0.2, -0.15) is 0 Å². The number of carbonyl (C=O) groups excluding carboxylic acids is 2. The smallest absolute Gasteiger partial charge is 0.251 e. The Kier molecular flexibility index (Phi) is 8.31. The first kappa shape index (κ1) is 27.3. The molecule has 1 saturated heterocycles.